The lowest BCUT2D eigenvalue weighted by Gasteiger charge is -2.21. The zero-order chi connectivity index (χ0) is 14.1. The van der Waals surface area contributed by atoms with Crippen LogP contribution in [0.5, 0.6) is 0 Å². The number of hydrogen-bond donors (Lipinski definition) is 2. The van der Waals surface area contributed by atoms with E-state index in [-0.39, 0.29) is 12.1 Å². The molecule has 2 unspecified atom stereocenters. The van der Waals surface area contributed by atoms with Gasteiger partial charge in [0.25, 0.3) is 0 Å². The third-order valence-electron chi connectivity index (χ3n) is 3.11. The first-order valence-corrected chi connectivity index (χ1v) is 6.56. The Bertz CT molecular complexity index is 210. The van der Waals surface area contributed by atoms with Gasteiger partial charge in [-0.1, -0.05) is 27.7 Å². The van der Waals surface area contributed by atoms with Crippen LogP contribution in [0.2, 0.25) is 0 Å². The minimum atomic E-state index is -0.600. The first-order valence-electron chi connectivity index (χ1n) is 6.56. The van der Waals surface area contributed by atoms with Gasteiger partial charge in [-0.3, -0.25) is 0 Å². The molecular weight excluding hydrogens is 232 g/mol. The second-order valence-corrected chi connectivity index (χ2v) is 5.15. The monoisotopic (exact) mass is 260 g/mol. The molecule has 108 valence electrons. The predicted octanol–water partition coefficient (Wildman–Crippen LogP) is 1.63. The maximum absolute atomic E-state index is 11.4. The Balaban J connectivity index is 3.90. The van der Waals surface area contributed by atoms with Crippen LogP contribution in [-0.2, 0) is 9.47 Å². The Kier molecular flexibility index (Phi) is 8.75. The number of carbonyl (C=O) groups is 1. The van der Waals surface area contributed by atoms with E-state index in [2.05, 4.69) is 38.3 Å². The van der Waals surface area contributed by atoms with Gasteiger partial charge in [0.1, 0.15) is 13.2 Å². The average molecular weight is 260 g/mol. The van der Waals surface area contributed by atoms with Crippen molar-refractivity contribution in [3.05, 3.63) is 0 Å². The van der Waals surface area contributed by atoms with Crippen molar-refractivity contribution >= 4 is 6.16 Å². The molecule has 0 aromatic rings. The summed E-state index contributed by atoms with van der Waals surface area (Å²) in [5, 5.41) is 6.21. The van der Waals surface area contributed by atoms with Crippen LogP contribution in [0, 0.1) is 11.8 Å². The molecule has 18 heavy (non-hydrogen) atoms. The van der Waals surface area contributed by atoms with Crippen molar-refractivity contribution in [3.63, 3.8) is 0 Å². The summed E-state index contributed by atoms with van der Waals surface area (Å²) in [5.74, 6) is 0.812. The summed E-state index contributed by atoms with van der Waals surface area (Å²) < 4.78 is 10.2. The van der Waals surface area contributed by atoms with Crippen LogP contribution in [0.1, 0.15) is 27.7 Å². The maximum atomic E-state index is 11.4. The van der Waals surface area contributed by atoms with Crippen molar-refractivity contribution < 1.29 is 14.3 Å². The molecule has 0 bridgehead atoms. The van der Waals surface area contributed by atoms with Crippen molar-refractivity contribution in [1.82, 2.24) is 10.6 Å². The van der Waals surface area contributed by atoms with Crippen LogP contribution >= 0.6 is 0 Å². The molecule has 0 saturated carbocycles. The Morgan fingerprint density at radius 3 is 1.44 bits per heavy atom. The molecule has 2 atom stereocenters. The molecule has 0 aliphatic heterocycles. The van der Waals surface area contributed by atoms with Gasteiger partial charge in [-0.25, -0.2) is 4.79 Å². The molecule has 0 aliphatic carbocycles. The number of carbonyl (C=O) groups excluding carboxylic acids is 1. The van der Waals surface area contributed by atoms with Crippen molar-refractivity contribution in [3.8, 4) is 0 Å². The number of ether oxygens (including phenoxy) is 2. The SMILES string of the molecule is CNC(COC(=O)OCC(NC)C(C)C)C(C)C. The van der Waals surface area contributed by atoms with E-state index in [9.17, 15) is 4.79 Å². The number of hydrogen-bond acceptors (Lipinski definition) is 5. The average Bonchev–Trinajstić information content (AvgIpc) is 2.29. The highest BCUT2D eigenvalue weighted by atomic mass is 16.7. The predicted molar refractivity (Wildman–Crippen MR) is 72.7 cm³/mol. The second-order valence-electron chi connectivity index (χ2n) is 5.15. The Labute approximate surface area is 111 Å². The van der Waals surface area contributed by atoms with E-state index in [1.165, 1.54) is 0 Å². The third-order valence-corrected chi connectivity index (χ3v) is 3.11. The topological polar surface area (TPSA) is 59.6 Å². The lowest BCUT2D eigenvalue weighted by molar-refractivity contribution is 0.0367. The minimum absolute atomic E-state index is 0.155. The van der Waals surface area contributed by atoms with E-state index < -0.39 is 6.16 Å². The highest BCUT2D eigenvalue weighted by molar-refractivity contribution is 5.59. The third kappa shape index (κ3) is 6.81. The van der Waals surface area contributed by atoms with E-state index in [1.807, 2.05) is 14.1 Å². The van der Waals surface area contributed by atoms with Gasteiger partial charge >= 0.3 is 6.16 Å². The molecule has 0 aromatic heterocycles. The van der Waals surface area contributed by atoms with Gasteiger partial charge in [-0.05, 0) is 25.9 Å². The Morgan fingerprint density at radius 1 is 0.889 bits per heavy atom. The van der Waals surface area contributed by atoms with Crippen LogP contribution < -0.4 is 10.6 Å². The summed E-state index contributed by atoms with van der Waals surface area (Å²) in [7, 11) is 3.71. The minimum Gasteiger partial charge on any atom is -0.433 e. The molecule has 0 aliphatic rings. The van der Waals surface area contributed by atoms with Crippen LogP contribution in [0.25, 0.3) is 0 Å². The molecular formula is C13H28N2O3. The second kappa shape index (κ2) is 9.16. The summed E-state index contributed by atoms with van der Waals surface area (Å²) in [6.07, 6.45) is -0.600. The van der Waals surface area contributed by atoms with Crippen molar-refractivity contribution in [2.24, 2.45) is 11.8 Å². The van der Waals surface area contributed by atoms with Gasteiger partial charge in [0.2, 0.25) is 0 Å². The number of rotatable bonds is 8. The molecule has 0 heterocycles. The first kappa shape index (κ1) is 17.2. The molecule has 5 heteroatoms. The lowest BCUT2D eigenvalue weighted by Crippen LogP contribution is -2.38. The quantitative estimate of drug-likeness (QED) is 0.650. The molecule has 0 aromatic carbocycles. The normalized spacial score (nSPS) is 14.7. The fourth-order valence-electron chi connectivity index (χ4n) is 1.58. The smallest absolute Gasteiger partial charge is 0.433 e. The van der Waals surface area contributed by atoms with E-state index in [0.717, 1.165) is 0 Å². The molecule has 2 N–H and O–H groups in total. The van der Waals surface area contributed by atoms with Crippen molar-refractivity contribution in [1.29, 1.82) is 0 Å². The highest BCUT2D eigenvalue weighted by Gasteiger charge is 2.17. The van der Waals surface area contributed by atoms with Crippen molar-refractivity contribution in [2.45, 2.75) is 39.8 Å². The Hall–Kier alpha value is -0.810. The van der Waals surface area contributed by atoms with Crippen LogP contribution in [0.15, 0.2) is 0 Å². The standard InChI is InChI=1S/C13H28N2O3/c1-9(2)11(14-5)7-17-13(16)18-8-12(15-6)10(3)4/h9-12,14-15H,7-8H2,1-6H3. The van der Waals surface area contributed by atoms with Crippen LogP contribution in [0.4, 0.5) is 4.79 Å². The largest absolute Gasteiger partial charge is 0.508 e. The molecule has 0 saturated heterocycles. The van der Waals surface area contributed by atoms with Gasteiger partial charge in [0, 0.05) is 12.1 Å². The van der Waals surface area contributed by atoms with Crippen LogP contribution in [-0.4, -0.2) is 45.5 Å². The summed E-state index contributed by atoms with van der Waals surface area (Å²) in [4.78, 5) is 11.4. The fourth-order valence-corrected chi connectivity index (χ4v) is 1.58. The number of likely N-dealkylation sites (N-methyl/N-ethyl adjacent to an activating group) is 2. The zero-order valence-electron chi connectivity index (χ0n) is 12.4. The van der Waals surface area contributed by atoms with Gasteiger partial charge in [0.15, 0.2) is 0 Å². The molecule has 0 spiro atoms. The van der Waals surface area contributed by atoms with E-state index in [1.54, 1.807) is 0 Å². The summed E-state index contributed by atoms with van der Waals surface area (Å²) in [5.41, 5.74) is 0. The van der Waals surface area contributed by atoms with E-state index in [0.29, 0.717) is 25.0 Å². The lowest BCUT2D eigenvalue weighted by atomic mass is 10.1. The highest BCUT2D eigenvalue weighted by Crippen LogP contribution is 2.04. The van der Waals surface area contributed by atoms with E-state index >= 15 is 0 Å². The van der Waals surface area contributed by atoms with Crippen LogP contribution in [0.3, 0.4) is 0 Å². The van der Waals surface area contributed by atoms with Gasteiger partial charge in [0.05, 0.1) is 0 Å². The number of nitrogens with one attached hydrogen (secondary N) is 2. The maximum Gasteiger partial charge on any atom is 0.508 e. The molecule has 0 fully saturated rings. The van der Waals surface area contributed by atoms with Gasteiger partial charge in [-0.15, -0.1) is 0 Å². The summed E-state index contributed by atoms with van der Waals surface area (Å²) >= 11 is 0. The van der Waals surface area contributed by atoms with Gasteiger partial charge in [-0.2, -0.15) is 0 Å². The molecule has 5 nitrogen and oxygen atoms in total. The van der Waals surface area contributed by atoms with E-state index in [4.69, 9.17) is 9.47 Å². The van der Waals surface area contributed by atoms with Gasteiger partial charge < -0.3 is 20.1 Å². The summed E-state index contributed by atoms with van der Waals surface area (Å²) in [6.45, 7) is 8.96. The zero-order valence-corrected chi connectivity index (χ0v) is 12.4. The fraction of sp³-hybridized carbons (Fsp3) is 0.923. The molecule has 0 rings (SSSR count). The summed E-state index contributed by atoms with van der Waals surface area (Å²) in [6, 6.07) is 0.311. The first-order chi connectivity index (χ1) is 8.42. The Morgan fingerprint density at radius 2 is 1.22 bits per heavy atom. The van der Waals surface area contributed by atoms with Crippen molar-refractivity contribution in [2.75, 3.05) is 27.3 Å². The molecule has 0 radical (unpaired) electrons. The molecule has 0 amide bonds.